The van der Waals surface area contributed by atoms with Crippen molar-refractivity contribution in [2.45, 2.75) is 70.7 Å². The summed E-state index contributed by atoms with van der Waals surface area (Å²) in [6.07, 6.45) is 9.11. The molecule has 34 heavy (non-hydrogen) atoms. The van der Waals surface area contributed by atoms with Crippen LogP contribution in [0.5, 0.6) is 0 Å². The molecule has 0 radical (unpaired) electrons. The van der Waals surface area contributed by atoms with Gasteiger partial charge in [-0.3, -0.25) is 14.6 Å². The lowest BCUT2D eigenvalue weighted by molar-refractivity contribution is 0.0304. The van der Waals surface area contributed by atoms with Crippen LogP contribution >= 0.6 is 0 Å². The van der Waals surface area contributed by atoms with E-state index in [4.69, 9.17) is 9.72 Å². The van der Waals surface area contributed by atoms with E-state index in [1.54, 1.807) is 17.1 Å². The first-order chi connectivity index (χ1) is 16.5. The molecule has 7 rings (SSSR count). The van der Waals surface area contributed by atoms with Gasteiger partial charge in [-0.1, -0.05) is 6.07 Å². The molecule has 0 aromatic carbocycles. The van der Waals surface area contributed by atoms with E-state index in [2.05, 4.69) is 37.6 Å². The summed E-state index contributed by atoms with van der Waals surface area (Å²) in [6.45, 7) is 6.37. The van der Waals surface area contributed by atoms with Crippen molar-refractivity contribution in [2.24, 2.45) is 0 Å². The zero-order valence-corrected chi connectivity index (χ0v) is 19.8. The Morgan fingerprint density at radius 1 is 1.26 bits per heavy atom. The number of hydrogen-bond acceptors (Lipinski definition) is 6. The molecule has 3 fully saturated rings. The molecule has 2 N–H and O–H groups in total. The highest BCUT2D eigenvalue weighted by Gasteiger charge is 2.33. The van der Waals surface area contributed by atoms with Crippen molar-refractivity contribution in [3.63, 3.8) is 0 Å². The highest BCUT2D eigenvalue weighted by molar-refractivity contribution is 5.94. The Labute approximate surface area is 198 Å². The lowest BCUT2D eigenvalue weighted by Gasteiger charge is -2.37. The van der Waals surface area contributed by atoms with Crippen LogP contribution in [0.15, 0.2) is 24.5 Å². The van der Waals surface area contributed by atoms with Gasteiger partial charge in [-0.05, 0) is 63.1 Å². The number of aromatic amines is 1. The van der Waals surface area contributed by atoms with Crippen molar-refractivity contribution in [3.05, 3.63) is 58.3 Å². The van der Waals surface area contributed by atoms with Crippen LogP contribution in [0, 0.1) is 13.8 Å². The fraction of sp³-hybridized carbons (Fsp3) is 0.520. The Kier molecular flexibility index (Phi) is 5.36. The number of fused-ring (bicyclic) bond motifs is 5. The quantitative estimate of drug-likeness (QED) is 0.606. The van der Waals surface area contributed by atoms with Crippen LogP contribution in [0.25, 0.3) is 0 Å². The number of carbonyl (C=O) groups excluding carboxylic acids is 1. The maximum absolute atomic E-state index is 12.8. The predicted molar refractivity (Wildman–Crippen MR) is 127 cm³/mol. The number of anilines is 1. The predicted octanol–water partition coefficient (Wildman–Crippen LogP) is 2.84. The minimum atomic E-state index is -0.117. The van der Waals surface area contributed by atoms with Crippen LogP contribution in [0.2, 0.25) is 0 Å². The molecular weight excluding hydrogens is 430 g/mol. The number of rotatable bonds is 5. The molecule has 3 atom stereocenters. The monoisotopic (exact) mass is 461 g/mol. The number of ether oxygens (including phenoxy) is 1. The topological polar surface area (TPSA) is 101 Å². The molecule has 178 valence electrons. The lowest BCUT2D eigenvalue weighted by atomic mass is 10.1. The second kappa shape index (κ2) is 8.54. The van der Waals surface area contributed by atoms with E-state index >= 15 is 0 Å². The van der Waals surface area contributed by atoms with Gasteiger partial charge < -0.3 is 15.0 Å². The van der Waals surface area contributed by atoms with E-state index in [9.17, 15) is 4.79 Å². The number of morpholine rings is 1. The third kappa shape index (κ3) is 3.87. The highest BCUT2D eigenvalue weighted by Crippen LogP contribution is 2.32. The molecular formula is C25H31N7O2. The van der Waals surface area contributed by atoms with E-state index in [0.29, 0.717) is 24.3 Å². The molecule has 9 nitrogen and oxygen atoms in total. The smallest absolute Gasteiger partial charge is 0.255 e. The molecule has 6 heterocycles. The van der Waals surface area contributed by atoms with Gasteiger partial charge in [-0.25, -0.2) is 4.98 Å². The zero-order valence-electron chi connectivity index (χ0n) is 19.8. The maximum atomic E-state index is 12.8. The molecule has 3 aliphatic heterocycles. The van der Waals surface area contributed by atoms with Crippen molar-refractivity contribution in [1.29, 1.82) is 0 Å². The number of aromatic nitrogens is 5. The van der Waals surface area contributed by atoms with Crippen LogP contribution in [0.4, 0.5) is 5.82 Å². The molecule has 4 aliphatic rings. The van der Waals surface area contributed by atoms with Crippen molar-refractivity contribution in [2.75, 3.05) is 18.1 Å². The van der Waals surface area contributed by atoms with Gasteiger partial charge in [-0.15, -0.1) is 0 Å². The number of pyridine rings is 1. The molecule has 1 aliphatic carbocycles. The fourth-order valence-corrected chi connectivity index (χ4v) is 5.56. The summed E-state index contributed by atoms with van der Waals surface area (Å²) >= 11 is 0. The molecule has 9 heteroatoms. The van der Waals surface area contributed by atoms with Crippen LogP contribution in [-0.4, -0.2) is 56.2 Å². The standard InChI is InChI=1S/C25H31N7O2/c1-15-17(6-9-23(27-15)32-13-20-5-3-4-19(32)14-34-20)11-31-12-18(10-26-31)25(33)28-22-8-7-21-16(2)29-30-24(21)22/h6,9-10,12,19-20,22H,3-5,7-8,11,13-14H2,1-2H3,(H,28,33)(H,29,30)/t19?,20?,22-/m1/s1. The van der Waals surface area contributed by atoms with E-state index in [-0.39, 0.29) is 11.9 Å². The summed E-state index contributed by atoms with van der Waals surface area (Å²) in [4.78, 5) is 20.2. The number of amides is 1. The van der Waals surface area contributed by atoms with Gasteiger partial charge in [0.1, 0.15) is 5.82 Å². The minimum absolute atomic E-state index is 0.0468. The van der Waals surface area contributed by atoms with Crippen LogP contribution in [0.3, 0.4) is 0 Å². The molecule has 3 aromatic heterocycles. The van der Waals surface area contributed by atoms with Crippen LogP contribution in [-0.2, 0) is 17.7 Å². The van der Waals surface area contributed by atoms with Crippen molar-refractivity contribution in [1.82, 2.24) is 30.3 Å². The van der Waals surface area contributed by atoms with E-state index in [1.165, 1.54) is 18.4 Å². The van der Waals surface area contributed by atoms with E-state index in [1.807, 2.05) is 13.8 Å². The maximum Gasteiger partial charge on any atom is 0.255 e. The largest absolute Gasteiger partial charge is 0.374 e. The van der Waals surface area contributed by atoms with Crippen LogP contribution < -0.4 is 10.2 Å². The Balaban J connectivity index is 1.12. The second-order valence-electron chi connectivity index (χ2n) is 9.81. The Bertz CT molecular complexity index is 1210. The first-order valence-electron chi connectivity index (χ1n) is 12.3. The number of hydrogen-bond donors (Lipinski definition) is 2. The van der Waals surface area contributed by atoms with Crippen molar-refractivity contribution >= 4 is 11.7 Å². The summed E-state index contributed by atoms with van der Waals surface area (Å²) in [5, 5.41) is 14.9. The molecule has 2 bridgehead atoms. The van der Waals surface area contributed by atoms with Gasteiger partial charge in [-0.2, -0.15) is 10.2 Å². The molecule has 3 aromatic rings. The van der Waals surface area contributed by atoms with Crippen molar-refractivity contribution in [3.8, 4) is 0 Å². The second-order valence-corrected chi connectivity index (χ2v) is 9.81. The SMILES string of the molecule is Cc1nc(N2CC3CCCC2CO3)ccc1Cn1cc(C(=O)N[C@@H]2CCc3c2n[nH]c3C)cn1. The summed E-state index contributed by atoms with van der Waals surface area (Å²) in [5.74, 6) is 0.917. The van der Waals surface area contributed by atoms with Gasteiger partial charge in [0.05, 0.1) is 48.8 Å². The van der Waals surface area contributed by atoms with E-state index in [0.717, 1.165) is 60.9 Å². The average Bonchev–Trinajstić information content (AvgIpc) is 3.47. The Morgan fingerprint density at radius 2 is 2.18 bits per heavy atom. The highest BCUT2D eigenvalue weighted by atomic mass is 16.5. The average molecular weight is 462 g/mol. The molecule has 1 amide bonds. The molecule has 0 spiro atoms. The summed E-state index contributed by atoms with van der Waals surface area (Å²) in [6, 6.07) is 4.63. The summed E-state index contributed by atoms with van der Waals surface area (Å²) in [5.41, 5.74) is 5.93. The van der Waals surface area contributed by atoms with Gasteiger partial charge in [0.2, 0.25) is 0 Å². The summed E-state index contributed by atoms with van der Waals surface area (Å²) < 4.78 is 7.75. The molecule has 2 unspecified atom stereocenters. The number of H-pyrrole nitrogens is 1. The number of nitrogens with one attached hydrogen (secondary N) is 2. The Morgan fingerprint density at radius 3 is 3.06 bits per heavy atom. The zero-order chi connectivity index (χ0) is 23.2. The lowest BCUT2D eigenvalue weighted by Crippen LogP contribution is -2.47. The number of nitrogens with zero attached hydrogens (tertiary/aromatic N) is 5. The Hall–Kier alpha value is -3.20. The fourth-order valence-electron chi connectivity index (χ4n) is 5.56. The third-order valence-electron chi connectivity index (χ3n) is 7.56. The van der Waals surface area contributed by atoms with Gasteiger partial charge >= 0.3 is 0 Å². The van der Waals surface area contributed by atoms with Gasteiger partial charge in [0, 0.05) is 24.1 Å². The van der Waals surface area contributed by atoms with Crippen LogP contribution in [0.1, 0.15) is 70.3 Å². The summed E-state index contributed by atoms with van der Waals surface area (Å²) in [7, 11) is 0. The number of carbonyl (C=O) groups is 1. The van der Waals surface area contributed by atoms with Gasteiger partial charge in [0.25, 0.3) is 5.91 Å². The van der Waals surface area contributed by atoms with E-state index < -0.39 is 0 Å². The van der Waals surface area contributed by atoms with Gasteiger partial charge in [0.15, 0.2) is 0 Å². The first kappa shape index (κ1) is 21.3. The normalized spacial score (nSPS) is 23.7. The van der Waals surface area contributed by atoms with Crippen molar-refractivity contribution < 1.29 is 9.53 Å². The first-order valence-corrected chi connectivity index (χ1v) is 12.3. The molecule has 3 saturated heterocycles. The molecule has 0 saturated carbocycles. The number of aryl methyl sites for hydroxylation is 2. The third-order valence-corrected chi connectivity index (χ3v) is 7.56. The minimum Gasteiger partial charge on any atom is -0.374 e.